The van der Waals surface area contributed by atoms with Gasteiger partial charge >= 0.3 is 5.97 Å². The van der Waals surface area contributed by atoms with E-state index in [0.29, 0.717) is 5.75 Å². The number of allylic oxidation sites excluding steroid dienone is 1. The normalized spacial score (nSPS) is 10.4. The third-order valence-electron chi connectivity index (χ3n) is 2.32. The van der Waals surface area contributed by atoms with E-state index in [0.717, 1.165) is 18.1 Å². The molecule has 0 N–H and O–H groups in total. The van der Waals surface area contributed by atoms with Gasteiger partial charge in [-0.05, 0) is 12.5 Å². The molecule has 2 nitrogen and oxygen atoms in total. The van der Waals surface area contributed by atoms with Crippen molar-refractivity contribution in [3.05, 3.63) is 48.6 Å². The van der Waals surface area contributed by atoms with E-state index in [1.54, 1.807) is 6.07 Å². The number of hydrogen-bond acceptors (Lipinski definition) is 2. The van der Waals surface area contributed by atoms with Gasteiger partial charge in [-0.15, -0.1) is 0 Å². The van der Waals surface area contributed by atoms with Crippen LogP contribution in [0.5, 0.6) is 5.75 Å². The Balaban J connectivity index is 2.73. The van der Waals surface area contributed by atoms with Gasteiger partial charge in [-0.2, -0.15) is 0 Å². The van der Waals surface area contributed by atoms with Gasteiger partial charge in [-0.1, -0.05) is 56.7 Å². The predicted molar refractivity (Wildman–Crippen MR) is 70.8 cm³/mol. The molecule has 0 atom stereocenters. The minimum Gasteiger partial charge on any atom is -0.423 e. The molecule has 0 aliphatic carbocycles. The molecule has 1 rings (SSSR count). The SMILES string of the molecule is C=CC(=O)Oc1ccccc1C=CCCCC. The summed E-state index contributed by atoms with van der Waals surface area (Å²) in [6.45, 7) is 5.54. The van der Waals surface area contributed by atoms with Crippen LogP contribution in [-0.4, -0.2) is 5.97 Å². The van der Waals surface area contributed by atoms with Crippen molar-refractivity contribution < 1.29 is 9.53 Å². The second kappa shape index (κ2) is 7.44. The molecule has 2 heteroatoms. The van der Waals surface area contributed by atoms with Crippen LogP contribution in [0.25, 0.3) is 6.08 Å². The van der Waals surface area contributed by atoms with E-state index < -0.39 is 5.97 Å². The lowest BCUT2D eigenvalue weighted by molar-refractivity contribution is -0.128. The van der Waals surface area contributed by atoms with Crippen LogP contribution in [0.15, 0.2) is 43.0 Å². The molecule has 0 aliphatic heterocycles. The maximum Gasteiger partial charge on any atom is 0.335 e. The molecular weight excluding hydrogens is 212 g/mol. The largest absolute Gasteiger partial charge is 0.423 e. The maximum absolute atomic E-state index is 11.1. The first-order chi connectivity index (χ1) is 8.27. The number of esters is 1. The van der Waals surface area contributed by atoms with E-state index in [1.807, 2.05) is 24.3 Å². The van der Waals surface area contributed by atoms with Crippen LogP contribution in [0.1, 0.15) is 31.7 Å². The van der Waals surface area contributed by atoms with Crippen molar-refractivity contribution in [3.8, 4) is 5.75 Å². The number of carbonyl (C=O) groups excluding carboxylic acids is 1. The molecule has 0 amide bonds. The molecule has 0 fully saturated rings. The predicted octanol–water partition coefficient (Wildman–Crippen LogP) is 3.98. The molecule has 90 valence electrons. The smallest absolute Gasteiger partial charge is 0.335 e. The Bertz CT molecular complexity index is 405. The minimum absolute atomic E-state index is 0.431. The molecule has 17 heavy (non-hydrogen) atoms. The van der Waals surface area contributed by atoms with Gasteiger partial charge in [0.15, 0.2) is 0 Å². The molecule has 0 heterocycles. The monoisotopic (exact) mass is 230 g/mol. The van der Waals surface area contributed by atoms with Crippen LogP contribution in [-0.2, 0) is 4.79 Å². The molecule has 0 saturated carbocycles. The van der Waals surface area contributed by atoms with Crippen molar-refractivity contribution in [3.63, 3.8) is 0 Å². The topological polar surface area (TPSA) is 26.3 Å². The van der Waals surface area contributed by atoms with E-state index in [2.05, 4.69) is 19.6 Å². The average Bonchev–Trinajstić information content (AvgIpc) is 2.36. The first kappa shape index (κ1) is 13.2. The summed E-state index contributed by atoms with van der Waals surface area (Å²) in [4.78, 5) is 11.1. The Morgan fingerprint density at radius 3 is 2.88 bits per heavy atom. The zero-order chi connectivity index (χ0) is 12.5. The Hall–Kier alpha value is -1.83. The molecule has 0 saturated heterocycles. The lowest BCUT2D eigenvalue weighted by Gasteiger charge is -2.04. The third kappa shape index (κ3) is 4.68. The number of unbranched alkanes of at least 4 members (excludes halogenated alkanes) is 2. The molecule has 1 aromatic carbocycles. The van der Waals surface area contributed by atoms with Crippen LogP contribution >= 0.6 is 0 Å². The molecule has 0 spiro atoms. The number of hydrogen-bond donors (Lipinski definition) is 0. The highest BCUT2D eigenvalue weighted by atomic mass is 16.5. The quantitative estimate of drug-likeness (QED) is 0.320. The van der Waals surface area contributed by atoms with Gasteiger partial charge in [-0.3, -0.25) is 0 Å². The Kier molecular flexibility index (Phi) is 5.80. The zero-order valence-corrected chi connectivity index (χ0v) is 10.2. The fourth-order valence-corrected chi connectivity index (χ4v) is 1.39. The first-order valence-corrected chi connectivity index (χ1v) is 5.87. The Morgan fingerprint density at radius 2 is 2.18 bits per heavy atom. The fraction of sp³-hybridized carbons (Fsp3) is 0.267. The van der Waals surface area contributed by atoms with Crippen molar-refractivity contribution in [1.82, 2.24) is 0 Å². The summed E-state index contributed by atoms with van der Waals surface area (Å²) in [5.41, 5.74) is 0.916. The number of ether oxygens (including phenoxy) is 1. The summed E-state index contributed by atoms with van der Waals surface area (Å²) in [6.07, 6.45) is 8.64. The van der Waals surface area contributed by atoms with Crippen molar-refractivity contribution >= 4 is 12.0 Å². The van der Waals surface area contributed by atoms with Crippen molar-refractivity contribution in [1.29, 1.82) is 0 Å². The molecule has 1 aromatic rings. The van der Waals surface area contributed by atoms with Crippen molar-refractivity contribution in [2.24, 2.45) is 0 Å². The van der Waals surface area contributed by atoms with E-state index in [4.69, 9.17) is 4.74 Å². The minimum atomic E-state index is -0.431. The van der Waals surface area contributed by atoms with Crippen molar-refractivity contribution in [2.45, 2.75) is 26.2 Å². The number of carbonyl (C=O) groups is 1. The van der Waals surface area contributed by atoms with Crippen LogP contribution in [0.3, 0.4) is 0 Å². The number of benzene rings is 1. The maximum atomic E-state index is 11.1. The van der Waals surface area contributed by atoms with Gasteiger partial charge in [0.25, 0.3) is 0 Å². The van der Waals surface area contributed by atoms with E-state index in [1.165, 1.54) is 12.8 Å². The van der Waals surface area contributed by atoms with Gasteiger partial charge in [0, 0.05) is 11.6 Å². The van der Waals surface area contributed by atoms with Gasteiger partial charge in [0.05, 0.1) is 0 Å². The van der Waals surface area contributed by atoms with Crippen molar-refractivity contribution in [2.75, 3.05) is 0 Å². The summed E-state index contributed by atoms with van der Waals surface area (Å²) in [5.74, 6) is 0.143. The summed E-state index contributed by atoms with van der Waals surface area (Å²) >= 11 is 0. The van der Waals surface area contributed by atoms with Gasteiger partial charge in [0.1, 0.15) is 5.75 Å². The van der Waals surface area contributed by atoms with Crippen LogP contribution in [0.4, 0.5) is 0 Å². The number of rotatable bonds is 6. The standard InChI is InChI=1S/C15H18O2/c1-3-5-6-7-10-13-11-8-9-12-14(13)17-15(16)4-2/h4,7-12H,2-3,5-6H2,1H3. The molecule has 0 bridgehead atoms. The molecular formula is C15H18O2. The van der Waals surface area contributed by atoms with E-state index in [-0.39, 0.29) is 0 Å². The summed E-state index contributed by atoms with van der Waals surface area (Å²) in [6, 6.07) is 7.47. The Labute approximate surface area is 103 Å². The van der Waals surface area contributed by atoms with Crippen LogP contribution in [0.2, 0.25) is 0 Å². The Morgan fingerprint density at radius 1 is 1.41 bits per heavy atom. The van der Waals surface area contributed by atoms with Gasteiger partial charge < -0.3 is 4.74 Å². The van der Waals surface area contributed by atoms with Crippen LogP contribution < -0.4 is 4.74 Å². The number of para-hydroxylation sites is 1. The molecule has 0 unspecified atom stereocenters. The molecule has 0 aromatic heterocycles. The van der Waals surface area contributed by atoms with E-state index in [9.17, 15) is 4.79 Å². The first-order valence-electron chi connectivity index (χ1n) is 5.87. The highest BCUT2D eigenvalue weighted by Gasteiger charge is 2.03. The van der Waals surface area contributed by atoms with Gasteiger partial charge in [0.2, 0.25) is 0 Å². The lowest BCUT2D eigenvalue weighted by Crippen LogP contribution is -2.03. The summed E-state index contributed by atoms with van der Waals surface area (Å²) < 4.78 is 5.14. The zero-order valence-electron chi connectivity index (χ0n) is 10.2. The van der Waals surface area contributed by atoms with Gasteiger partial charge in [-0.25, -0.2) is 4.79 Å². The van der Waals surface area contributed by atoms with E-state index >= 15 is 0 Å². The highest BCUT2D eigenvalue weighted by molar-refractivity contribution is 5.84. The second-order valence-corrected chi connectivity index (χ2v) is 3.71. The highest BCUT2D eigenvalue weighted by Crippen LogP contribution is 2.20. The summed E-state index contributed by atoms with van der Waals surface area (Å²) in [5, 5.41) is 0. The summed E-state index contributed by atoms with van der Waals surface area (Å²) in [7, 11) is 0. The average molecular weight is 230 g/mol. The second-order valence-electron chi connectivity index (χ2n) is 3.71. The molecule has 0 radical (unpaired) electrons. The lowest BCUT2D eigenvalue weighted by atomic mass is 10.1. The molecule has 0 aliphatic rings. The fourth-order valence-electron chi connectivity index (χ4n) is 1.39. The van der Waals surface area contributed by atoms with Crippen LogP contribution in [0, 0.1) is 0 Å². The third-order valence-corrected chi connectivity index (χ3v) is 2.32.